The number of rotatable bonds is 4. The smallest absolute Gasteiger partial charge is 0.123 e. The van der Waals surface area contributed by atoms with E-state index in [1.165, 1.54) is 5.56 Å². The van der Waals surface area contributed by atoms with Crippen molar-refractivity contribution in [3.05, 3.63) is 35.7 Å². The Morgan fingerprint density at radius 1 is 1.39 bits per heavy atom. The second kappa shape index (κ2) is 5.23. The summed E-state index contributed by atoms with van der Waals surface area (Å²) < 4.78 is 7.20. The summed E-state index contributed by atoms with van der Waals surface area (Å²) in [5.41, 5.74) is 4.53. The highest BCUT2D eigenvalue weighted by Crippen LogP contribution is 2.28. The summed E-state index contributed by atoms with van der Waals surface area (Å²) in [7, 11) is 5.57. The summed E-state index contributed by atoms with van der Waals surface area (Å²) in [6.45, 7) is 2.81. The second-order valence-electron chi connectivity index (χ2n) is 4.36. The molecule has 4 heteroatoms. The quantitative estimate of drug-likeness (QED) is 0.896. The van der Waals surface area contributed by atoms with Crippen molar-refractivity contribution in [3.63, 3.8) is 0 Å². The number of hydrogen-bond donors (Lipinski definition) is 1. The van der Waals surface area contributed by atoms with Crippen LogP contribution in [0, 0.1) is 6.92 Å². The SMILES string of the molecule is CNCc1cc(-c2cn(C)nc2C)ccc1OC. The van der Waals surface area contributed by atoms with Gasteiger partial charge >= 0.3 is 0 Å². The van der Waals surface area contributed by atoms with Crippen LogP contribution in [0.5, 0.6) is 5.75 Å². The van der Waals surface area contributed by atoms with Crippen LogP contribution in [-0.4, -0.2) is 23.9 Å². The third-order valence-electron chi connectivity index (χ3n) is 2.97. The number of methoxy groups -OCH3 is 1. The molecule has 0 radical (unpaired) electrons. The fourth-order valence-corrected chi connectivity index (χ4v) is 2.16. The maximum atomic E-state index is 5.36. The summed E-state index contributed by atoms with van der Waals surface area (Å²) in [4.78, 5) is 0. The first-order valence-electron chi connectivity index (χ1n) is 5.98. The Morgan fingerprint density at radius 3 is 2.72 bits per heavy atom. The summed E-state index contributed by atoms with van der Waals surface area (Å²) >= 11 is 0. The molecule has 96 valence electrons. The van der Waals surface area contributed by atoms with Crippen LogP contribution in [0.25, 0.3) is 11.1 Å². The van der Waals surface area contributed by atoms with Crippen molar-refractivity contribution in [2.24, 2.45) is 7.05 Å². The number of hydrogen-bond acceptors (Lipinski definition) is 3. The van der Waals surface area contributed by atoms with E-state index in [0.29, 0.717) is 0 Å². The first-order valence-corrected chi connectivity index (χ1v) is 5.98. The number of ether oxygens (including phenoxy) is 1. The van der Waals surface area contributed by atoms with Crippen LogP contribution >= 0.6 is 0 Å². The van der Waals surface area contributed by atoms with E-state index in [1.54, 1.807) is 7.11 Å². The molecule has 0 spiro atoms. The first kappa shape index (κ1) is 12.6. The zero-order valence-corrected chi connectivity index (χ0v) is 11.3. The fraction of sp³-hybridized carbons (Fsp3) is 0.357. The first-order chi connectivity index (χ1) is 8.65. The molecule has 0 aliphatic heterocycles. The van der Waals surface area contributed by atoms with Crippen molar-refractivity contribution in [2.45, 2.75) is 13.5 Å². The summed E-state index contributed by atoms with van der Waals surface area (Å²) in [5, 5.41) is 7.53. The number of aryl methyl sites for hydroxylation is 2. The van der Waals surface area contributed by atoms with Gasteiger partial charge in [0.15, 0.2) is 0 Å². The van der Waals surface area contributed by atoms with Gasteiger partial charge in [-0.15, -0.1) is 0 Å². The van der Waals surface area contributed by atoms with Crippen molar-refractivity contribution < 1.29 is 4.74 Å². The van der Waals surface area contributed by atoms with E-state index in [-0.39, 0.29) is 0 Å². The molecular formula is C14H19N3O. The minimum atomic E-state index is 0.788. The molecule has 1 aromatic heterocycles. The van der Waals surface area contributed by atoms with Crippen molar-refractivity contribution in [3.8, 4) is 16.9 Å². The molecule has 0 atom stereocenters. The van der Waals surface area contributed by atoms with Crippen LogP contribution in [0.2, 0.25) is 0 Å². The van der Waals surface area contributed by atoms with Gasteiger partial charge in [0, 0.05) is 30.9 Å². The lowest BCUT2D eigenvalue weighted by atomic mass is 10.0. The molecule has 0 unspecified atom stereocenters. The van der Waals surface area contributed by atoms with Crippen molar-refractivity contribution in [2.75, 3.05) is 14.2 Å². The third kappa shape index (κ3) is 2.38. The largest absolute Gasteiger partial charge is 0.496 e. The molecule has 4 nitrogen and oxygen atoms in total. The van der Waals surface area contributed by atoms with Gasteiger partial charge in [0.05, 0.1) is 12.8 Å². The molecule has 0 fully saturated rings. The van der Waals surface area contributed by atoms with E-state index in [0.717, 1.165) is 29.1 Å². The van der Waals surface area contributed by atoms with E-state index in [1.807, 2.05) is 38.0 Å². The third-order valence-corrected chi connectivity index (χ3v) is 2.97. The van der Waals surface area contributed by atoms with Gasteiger partial charge in [0.2, 0.25) is 0 Å². The highest BCUT2D eigenvalue weighted by atomic mass is 16.5. The topological polar surface area (TPSA) is 39.1 Å². The monoisotopic (exact) mass is 245 g/mol. The fourth-order valence-electron chi connectivity index (χ4n) is 2.16. The molecule has 0 aliphatic rings. The van der Waals surface area contributed by atoms with Crippen LogP contribution < -0.4 is 10.1 Å². The maximum Gasteiger partial charge on any atom is 0.123 e. The lowest BCUT2D eigenvalue weighted by molar-refractivity contribution is 0.408. The predicted octanol–water partition coefficient (Wildman–Crippen LogP) is 2.12. The Morgan fingerprint density at radius 2 is 2.17 bits per heavy atom. The average Bonchev–Trinajstić information content (AvgIpc) is 2.69. The van der Waals surface area contributed by atoms with Crippen molar-refractivity contribution >= 4 is 0 Å². The number of aromatic nitrogens is 2. The van der Waals surface area contributed by atoms with Crippen LogP contribution in [0.1, 0.15) is 11.3 Å². The molecule has 0 amide bonds. The zero-order valence-electron chi connectivity index (χ0n) is 11.3. The van der Waals surface area contributed by atoms with Gasteiger partial charge in [-0.25, -0.2) is 0 Å². The van der Waals surface area contributed by atoms with E-state index in [4.69, 9.17) is 4.74 Å². The maximum absolute atomic E-state index is 5.36. The van der Waals surface area contributed by atoms with Gasteiger partial charge < -0.3 is 10.1 Å². The van der Waals surface area contributed by atoms with E-state index < -0.39 is 0 Å². The normalized spacial score (nSPS) is 10.7. The highest BCUT2D eigenvalue weighted by Gasteiger charge is 2.09. The zero-order chi connectivity index (χ0) is 13.1. The number of benzene rings is 1. The van der Waals surface area contributed by atoms with Crippen LogP contribution in [0.15, 0.2) is 24.4 Å². The summed E-state index contributed by atoms with van der Waals surface area (Å²) in [6, 6.07) is 6.23. The predicted molar refractivity (Wildman–Crippen MR) is 72.7 cm³/mol. The molecule has 0 saturated carbocycles. The van der Waals surface area contributed by atoms with Gasteiger partial charge in [-0.3, -0.25) is 4.68 Å². The summed E-state index contributed by atoms with van der Waals surface area (Å²) in [5.74, 6) is 0.912. The van der Waals surface area contributed by atoms with Gasteiger partial charge in [-0.05, 0) is 31.7 Å². The highest BCUT2D eigenvalue weighted by molar-refractivity contribution is 5.67. The molecule has 1 N–H and O–H groups in total. The van der Waals surface area contributed by atoms with Crippen LogP contribution in [-0.2, 0) is 13.6 Å². The minimum Gasteiger partial charge on any atom is -0.496 e. The Labute approximate surface area is 108 Å². The summed E-state index contributed by atoms with van der Waals surface area (Å²) in [6.07, 6.45) is 2.04. The lowest BCUT2D eigenvalue weighted by Crippen LogP contribution is -2.06. The molecule has 18 heavy (non-hydrogen) atoms. The Balaban J connectivity index is 2.46. The van der Waals surface area contributed by atoms with Crippen molar-refractivity contribution in [1.82, 2.24) is 15.1 Å². The molecular weight excluding hydrogens is 226 g/mol. The van der Waals surface area contributed by atoms with Gasteiger partial charge in [0.1, 0.15) is 5.75 Å². The van der Waals surface area contributed by atoms with Gasteiger partial charge in [0.25, 0.3) is 0 Å². The average molecular weight is 245 g/mol. The molecule has 0 aliphatic carbocycles. The molecule has 1 heterocycles. The van der Waals surface area contributed by atoms with Crippen molar-refractivity contribution in [1.29, 1.82) is 0 Å². The van der Waals surface area contributed by atoms with Crippen LogP contribution in [0.3, 0.4) is 0 Å². The molecule has 2 rings (SSSR count). The standard InChI is InChI=1S/C14H19N3O/c1-10-13(9-17(3)16-10)11-5-6-14(18-4)12(7-11)8-15-2/h5-7,9,15H,8H2,1-4H3. The minimum absolute atomic E-state index is 0.788. The Kier molecular flexibility index (Phi) is 3.67. The van der Waals surface area contributed by atoms with E-state index in [2.05, 4.69) is 22.5 Å². The van der Waals surface area contributed by atoms with Gasteiger partial charge in [-0.1, -0.05) is 6.07 Å². The molecule has 1 aromatic carbocycles. The van der Waals surface area contributed by atoms with E-state index >= 15 is 0 Å². The number of nitrogens with one attached hydrogen (secondary N) is 1. The lowest BCUT2D eigenvalue weighted by Gasteiger charge is -2.10. The molecule has 2 aromatic rings. The van der Waals surface area contributed by atoms with Gasteiger partial charge in [-0.2, -0.15) is 5.10 Å². The molecule has 0 saturated heterocycles. The molecule has 0 bridgehead atoms. The number of nitrogens with zero attached hydrogens (tertiary/aromatic N) is 2. The second-order valence-corrected chi connectivity index (χ2v) is 4.36. The Bertz CT molecular complexity index is 546. The Hall–Kier alpha value is -1.81. The van der Waals surface area contributed by atoms with Crippen LogP contribution in [0.4, 0.5) is 0 Å². The van der Waals surface area contributed by atoms with E-state index in [9.17, 15) is 0 Å².